The van der Waals surface area contributed by atoms with E-state index in [4.69, 9.17) is 16.6 Å². The lowest BCUT2D eigenvalue weighted by atomic mass is 10.1. The predicted octanol–water partition coefficient (Wildman–Crippen LogP) is 1.96. The van der Waals surface area contributed by atoms with Crippen LogP contribution in [0.15, 0.2) is 28.7 Å². The fourth-order valence-corrected chi connectivity index (χ4v) is 1.61. The molecule has 1 aromatic carbocycles. The van der Waals surface area contributed by atoms with Gasteiger partial charge in [-0.15, -0.1) is 0 Å². The SMILES string of the molecule is [CH]c1cccc(-c2nc(C(=O)NCC#N)c(C)o2)c1. The Kier molecular flexibility index (Phi) is 3.62. The van der Waals surface area contributed by atoms with E-state index in [2.05, 4.69) is 10.3 Å². The molecule has 2 rings (SSSR count). The number of nitrogens with one attached hydrogen (secondary N) is 1. The number of nitriles is 1. The molecule has 5 heteroatoms. The van der Waals surface area contributed by atoms with Gasteiger partial charge in [0, 0.05) is 5.56 Å². The molecule has 0 fully saturated rings. The van der Waals surface area contributed by atoms with Gasteiger partial charge < -0.3 is 9.73 Å². The lowest BCUT2D eigenvalue weighted by Crippen LogP contribution is -2.24. The summed E-state index contributed by atoms with van der Waals surface area (Å²) >= 11 is 0. The third-order valence-corrected chi connectivity index (χ3v) is 2.47. The fraction of sp³-hybridized carbons (Fsp3) is 0.143. The number of aryl methyl sites for hydroxylation is 1. The van der Waals surface area contributed by atoms with Crippen molar-refractivity contribution in [3.05, 3.63) is 48.2 Å². The van der Waals surface area contributed by atoms with Gasteiger partial charge in [0.25, 0.3) is 5.91 Å². The van der Waals surface area contributed by atoms with Crippen molar-refractivity contribution in [2.24, 2.45) is 0 Å². The van der Waals surface area contributed by atoms with Gasteiger partial charge in [-0.05, 0) is 31.5 Å². The summed E-state index contributed by atoms with van der Waals surface area (Å²) < 4.78 is 5.45. The smallest absolute Gasteiger partial charge is 0.274 e. The van der Waals surface area contributed by atoms with Crippen LogP contribution in [0.3, 0.4) is 0 Å². The van der Waals surface area contributed by atoms with Gasteiger partial charge in [-0.25, -0.2) is 4.98 Å². The minimum Gasteiger partial charge on any atom is -0.441 e. The first-order chi connectivity index (χ1) is 9.11. The Labute approximate surface area is 110 Å². The number of carbonyl (C=O) groups is 1. The topological polar surface area (TPSA) is 78.9 Å². The van der Waals surface area contributed by atoms with E-state index in [0.717, 1.165) is 0 Å². The normalized spacial score (nSPS) is 9.95. The summed E-state index contributed by atoms with van der Waals surface area (Å²) in [7, 11) is 0. The first-order valence-corrected chi connectivity index (χ1v) is 5.60. The maximum Gasteiger partial charge on any atom is 0.274 e. The van der Waals surface area contributed by atoms with Gasteiger partial charge in [0.2, 0.25) is 5.89 Å². The highest BCUT2D eigenvalue weighted by Gasteiger charge is 2.17. The van der Waals surface area contributed by atoms with Gasteiger partial charge in [-0.3, -0.25) is 4.79 Å². The number of amides is 1. The van der Waals surface area contributed by atoms with Crippen LogP contribution in [0.4, 0.5) is 0 Å². The molecule has 0 aliphatic rings. The van der Waals surface area contributed by atoms with E-state index in [-0.39, 0.29) is 12.2 Å². The molecule has 19 heavy (non-hydrogen) atoms. The molecular weight excluding hydrogens is 242 g/mol. The lowest BCUT2D eigenvalue weighted by Gasteiger charge is -1.96. The fourth-order valence-electron chi connectivity index (χ4n) is 1.61. The second-order valence-corrected chi connectivity index (χ2v) is 3.89. The second-order valence-electron chi connectivity index (χ2n) is 3.89. The molecular formula is C14H11N3O2. The molecule has 1 heterocycles. The van der Waals surface area contributed by atoms with Crippen molar-refractivity contribution in [2.75, 3.05) is 6.54 Å². The quantitative estimate of drug-likeness (QED) is 0.848. The molecule has 1 aromatic heterocycles. The van der Waals surface area contributed by atoms with Crippen LogP contribution in [0.1, 0.15) is 21.8 Å². The molecule has 0 aliphatic heterocycles. The zero-order valence-corrected chi connectivity index (χ0v) is 10.3. The van der Waals surface area contributed by atoms with Crippen molar-refractivity contribution in [3.8, 4) is 17.5 Å². The average Bonchev–Trinajstić information content (AvgIpc) is 2.78. The first-order valence-electron chi connectivity index (χ1n) is 5.60. The van der Waals surface area contributed by atoms with E-state index >= 15 is 0 Å². The molecule has 1 amide bonds. The maximum absolute atomic E-state index is 11.7. The van der Waals surface area contributed by atoms with Crippen molar-refractivity contribution in [1.82, 2.24) is 10.3 Å². The second kappa shape index (κ2) is 5.36. The minimum atomic E-state index is -0.432. The average molecular weight is 253 g/mol. The molecule has 0 saturated heterocycles. The van der Waals surface area contributed by atoms with Gasteiger partial charge in [-0.2, -0.15) is 5.26 Å². The Morgan fingerprint density at radius 1 is 1.58 bits per heavy atom. The number of oxazole rings is 1. The van der Waals surface area contributed by atoms with Crippen LogP contribution in [-0.4, -0.2) is 17.4 Å². The number of hydrogen-bond donors (Lipinski definition) is 1. The molecule has 5 nitrogen and oxygen atoms in total. The first kappa shape index (κ1) is 12.8. The third-order valence-electron chi connectivity index (χ3n) is 2.47. The highest BCUT2D eigenvalue weighted by molar-refractivity contribution is 5.93. The Morgan fingerprint density at radius 2 is 2.37 bits per heavy atom. The van der Waals surface area contributed by atoms with Crippen LogP contribution in [0.25, 0.3) is 11.5 Å². The molecule has 2 aromatic rings. The molecule has 94 valence electrons. The van der Waals surface area contributed by atoms with E-state index in [1.807, 2.05) is 6.07 Å². The van der Waals surface area contributed by atoms with E-state index in [1.54, 1.807) is 31.2 Å². The number of hydrogen-bond acceptors (Lipinski definition) is 4. The van der Waals surface area contributed by atoms with Crippen molar-refractivity contribution in [3.63, 3.8) is 0 Å². The molecule has 0 aliphatic carbocycles. The molecule has 0 bridgehead atoms. The number of carbonyl (C=O) groups excluding carboxylic acids is 1. The van der Waals surface area contributed by atoms with Crippen molar-refractivity contribution in [1.29, 1.82) is 5.26 Å². The van der Waals surface area contributed by atoms with Crippen LogP contribution in [0, 0.1) is 25.2 Å². The van der Waals surface area contributed by atoms with E-state index in [9.17, 15) is 4.79 Å². The molecule has 0 atom stereocenters. The zero-order chi connectivity index (χ0) is 13.8. The predicted molar refractivity (Wildman–Crippen MR) is 68.0 cm³/mol. The Morgan fingerprint density at radius 3 is 3.05 bits per heavy atom. The van der Waals surface area contributed by atoms with Gasteiger partial charge >= 0.3 is 0 Å². The van der Waals surface area contributed by atoms with Gasteiger partial charge in [0.1, 0.15) is 12.3 Å². The summed E-state index contributed by atoms with van der Waals surface area (Å²) in [5, 5.41) is 10.8. The van der Waals surface area contributed by atoms with E-state index < -0.39 is 5.91 Å². The molecule has 0 unspecified atom stereocenters. The Balaban J connectivity index is 2.31. The van der Waals surface area contributed by atoms with Crippen molar-refractivity contribution >= 4 is 5.91 Å². The van der Waals surface area contributed by atoms with Crippen LogP contribution in [-0.2, 0) is 0 Å². The highest BCUT2D eigenvalue weighted by Crippen LogP contribution is 2.22. The van der Waals surface area contributed by atoms with Gasteiger partial charge in [0.15, 0.2) is 5.69 Å². The molecule has 2 radical (unpaired) electrons. The van der Waals surface area contributed by atoms with Crippen molar-refractivity contribution in [2.45, 2.75) is 6.92 Å². The van der Waals surface area contributed by atoms with E-state index in [1.165, 1.54) is 0 Å². The third kappa shape index (κ3) is 2.80. The number of aromatic nitrogens is 1. The molecule has 0 spiro atoms. The molecule has 0 saturated carbocycles. The standard InChI is InChI=1S/C14H11N3O2/c1-9-4-3-5-11(8-9)14-17-12(10(2)19-14)13(18)16-7-6-15/h1,3-5,8H,7H2,2H3,(H,16,18). The zero-order valence-electron chi connectivity index (χ0n) is 10.3. The summed E-state index contributed by atoms with van der Waals surface area (Å²) in [6.45, 7) is 7.25. The monoisotopic (exact) mass is 253 g/mol. The minimum absolute atomic E-state index is 0.0707. The van der Waals surface area contributed by atoms with Gasteiger partial charge in [0.05, 0.1) is 6.07 Å². The van der Waals surface area contributed by atoms with Crippen LogP contribution >= 0.6 is 0 Å². The van der Waals surface area contributed by atoms with Crippen LogP contribution < -0.4 is 5.32 Å². The maximum atomic E-state index is 11.7. The number of benzene rings is 1. The van der Waals surface area contributed by atoms with Crippen molar-refractivity contribution < 1.29 is 9.21 Å². The number of nitrogens with zero attached hydrogens (tertiary/aromatic N) is 2. The van der Waals surface area contributed by atoms with Crippen LogP contribution in [0.2, 0.25) is 0 Å². The summed E-state index contributed by atoms with van der Waals surface area (Å²) in [4.78, 5) is 15.9. The summed E-state index contributed by atoms with van der Waals surface area (Å²) in [6, 6.07) is 8.85. The summed E-state index contributed by atoms with van der Waals surface area (Å²) in [6.07, 6.45) is 0. The molecule has 1 N–H and O–H groups in total. The van der Waals surface area contributed by atoms with Crippen LogP contribution in [0.5, 0.6) is 0 Å². The summed E-state index contributed by atoms with van der Waals surface area (Å²) in [5.41, 5.74) is 1.46. The Hall–Kier alpha value is -2.61. The highest BCUT2D eigenvalue weighted by atomic mass is 16.4. The van der Waals surface area contributed by atoms with E-state index in [0.29, 0.717) is 22.8 Å². The lowest BCUT2D eigenvalue weighted by molar-refractivity contribution is 0.0952. The largest absolute Gasteiger partial charge is 0.441 e. The number of rotatable bonds is 3. The van der Waals surface area contributed by atoms with Gasteiger partial charge in [-0.1, -0.05) is 12.1 Å². The Bertz CT molecular complexity index is 653. The summed E-state index contributed by atoms with van der Waals surface area (Å²) in [5.74, 6) is 0.290.